The molecule has 0 unspecified atom stereocenters. The third-order valence-electron chi connectivity index (χ3n) is 5.37. The van der Waals surface area contributed by atoms with E-state index >= 15 is 0 Å². The molecule has 2 aromatic rings. The van der Waals surface area contributed by atoms with E-state index in [1.54, 1.807) is 7.11 Å². The van der Waals surface area contributed by atoms with E-state index in [1.165, 1.54) is 11.1 Å². The van der Waals surface area contributed by atoms with E-state index in [2.05, 4.69) is 38.1 Å². The topological polar surface area (TPSA) is 32.8 Å². The quantitative estimate of drug-likeness (QED) is 0.840. The largest absolute Gasteiger partial charge is 0.496 e. The Bertz CT molecular complexity index is 797. The monoisotopic (exact) mass is 352 g/mol. The second kappa shape index (κ2) is 7.50. The molecule has 1 atom stereocenters. The van der Waals surface area contributed by atoms with E-state index in [0.717, 1.165) is 42.0 Å². The highest BCUT2D eigenvalue weighted by atomic mass is 16.5. The molecule has 0 aromatic heterocycles. The molecular formula is C22H28N2O2. The Morgan fingerprint density at radius 3 is 2.38 bits per heavy atom. The summed E-state index contributed by atoms with van der Waals surface area (Å²) in [6.45, 7) is 5.78. The number of amides is 1. The molecule has 1 heterocycles. The van der Waals surface area contributed by atoms with Crippen molar-refractivity contribution in [2.75, 3.05) is 34.3 Å². The minimum absolute atomic E-state index is 0.128. The molecule has 0 N–H and O–H groups in total. The lowest BCUT2D eigenvalue weighted by molar-refractivity contribution is 0.0783. The predicted octanol–water partition coefficient (Wildman–Crippen LogP) is 3.76. The third-order valence-corrected chi connectivity index (χ3v) is 5.37. The molecular weight excluding hydrogens is 324 g/mol. The highest BCUT2D eigenvalue weighted by Gasteiger charge is 2.27. The zero-order valence-corrected chi connectivity index (χ0v) is 16.4. The van der Waals surface area contributed by atoms with Gasteiger partial charge < -0.3 is 14.5 Å². The number of likely N-dealkylation sites (tertiary alicyclic amines) is 1. The standard InChI is InChI=1S/C22H28N2O2/c1-15-13-21(26-5)16(2)12-20(15)17-6-8-18(9-7-17)22(25)24-11-10-19(14-24)23(3)4/h6-9,12-13,19H,10-11,14H2,1-5H3/t19-/m1/s1. The highest BCUT2D eigenvalue weighted by Crippen LogP contribution is 2.30. The van der Waals surface area contributed by atoms with E-state index in [1.807, 2.05) is 36.1 Å². The molecule has 0 bridgehead atoms. The lowest BCUT2D eigenvalue weighted by Crippen LogP contribution is -2.34. The summed E-state index contributed by atoms with van der Waals surface area (Å²) in [5.74, 6) is 1.03. The second-order valence-corrected chi connectivity index (χ2v) is 7.37. The van der Waals surface area contributed by atoms with Crippen LogP contribution in [-0.4, -0.2) is 56.0 Å². The average Bonchev–Trinajstić information content (AvgIpc) is 3.13. The Morgan fingerprint density at radius 2 is 1.81 bits per heavy atom. The number of likely N-dealkylation sites (N-methyl/N-ethyl adjacent to an activating group) is 1. The van der Waals surface area contributed by atoms with Crippen LogP contribution >= 0.6 is 0 Å². The highest BCUT2D eigenvalue weighted by molar-refractivity contribution is 5.95. The number of aryl methyl sites for hydroxylation is 2. The molecule has 2 aromatic carbocycles. The Kier molecular flexibility index (Phi) is 5.33. The van der Waals surface area contributed by atoms with Crippen molar-refractivity contribution in [2.45, 2.75) is 26.3 Å². The smallest absolute Gasteiger partial charge is 0.253 e. The van der Waals surface area contributed by atoms with Gasteiger partial charge in [-0.3, -0.25) is 4.79 Å². The van der Waals surface area contributed by atoms with Gasteiger partial charge in [-0.1, -0.05) is 12.1 Å². The molecule has 138 valence electrons. The van der Waals surface area contributed by atoms with Crippen LogP contribution in [0, 0.1) is 13.8 Å². The van der Waals surface area contributed by atoms with Gasteiger partial charge in [-0.15, -0.1) is 0 Å². The summed E-state index contributed by atoms with van der Waals surface area (Å²) < 4.78 is 5.40. The molecule has 4 nitrogen and oxygen atoms in total. The van der Waals surface area contributed by atoms with Crippen molar-refractivity contribution < 1.29 is 9.53 Å². The van der Waals surface area contributed by atoms with Crippen molar-refractivity contribution in [3.63, 3.8) is 0 Å². The number of carbonyl (C=O) groups excluding carboxylic acids is 1. The fourth-order valence-corrected chi connectivity index (χ4v) is 3.64. The molecule has 1 amide bonds. The molecule has 1 saturated heterocycles. The van der Waals surface area contributed by atoms with Crippen molar-refractivity contribution in [3.8, 4) is 16.9 Å². The van der Waals surface area contributed by atoms with Gasteiger partial charge >= 0.3 is 0 Å². The lowest BCUT2D eigenvalue weighted by Gasteiger charge is -2.20. The number of nitrogens with zero attached hydrogens (tertiary/aromatic N) is 2. The van der Waals surface area contributed by atoms with E-state index in [0.29, 0.717) is 6.04 Å². The summed E-state index contributed by atoms with van der Waals surface area (Å²) in [5.41, 5.74) is 5.34. The summed E-state index contributed by atoms with van der Waals surface area (Å²) in [4.78, 5) is 16.9. The average molecular weight is 352 g/mol. The Balaban J connectivity index is 1.79. The predicted molar refractivity (Wildman–Crippen MR) is 106 cm³/mol. The summed E-state index contributed by atoms with van der Waals surface area (Å²) in [5, 5.41) is 0. The van der Waals surface area contributed by atoms with Crippen LogP contribution in [0.25, 0.3) is 11.1 Å². The van der Waals surface area contributed by atoms with Gasteiger partial charge in [0.15, 0.2) is 0 Å². The van der Waals surface area contributed by atoms with Crippen LogP contribution in [0.5, 0.6) is 5.75 Å². The van der Waals surface area contributed by atoms with Crippen molar-refractivity contribution in [3.05, 3.63) is 53.1 Å². The molecule has 0 radical (unpaired) electrons. The van der Waals surface area contributed by atoms with Crippen molar-refractivity contribution in [1.82, 2.24) is 9.80 Å². The van der Waals surface area contributed by atoms with E-state index in [4.69, 9.17) is 4.74 Å². The molecule has 1 fully saturated rings. The number of ether oxygens (including phenoxy) is 1. The van der Waals surface area contributed by atoms with Crippen molar-refractivity contribution >= 4 is 5.91 Å². The number of hydrogen-bond acceptors (Lipinski definition) is 3. The summed E-state index contributed by atoms with van der Waals surface area (Å²) in [7, 11) is 5.85. The first kappa shape index (κ1) is 18.5. The summed E-state index contributed by atoms with van der Waals surface area (Å²) >= 11 is 0. The van der Waals surface area contributed by atoms with Gasteiger partial charge in [0.05, 0.1) is 7.11 Å². The normalized spacial score (nSPS) is 17.0. The van der Waals surface area contributed by atoms with Crippen LogP contribution in [0.4, 0.5) is 0 Å². The zero-order valence-electron chi connectivity index (χ0n) is 16.4. The molecule has 26 heavy (non-hydrogen) atoms. The first-order chi connectivity index (χ1) is 12.4. The van der Waals surface area contributed by atoms with Gasteiger partial charge in [-0.2, -0.15) is 0 Å². The first-order valence-corrected chi connectivity index (χ1v) is 9.12. The van der Waals surface area contributed by atoms with Gasteiger partial charge in [-0.25, -0.2) is 0 Å². The van der Waals surface area contributed by atoms with E-state index in [9.17, 15) is 4.79 Å². The molecule has 1 aliphatic heterocycles. The molecule has 3 rings (SSSR count). The van der Waals surface area contributed by atoms with Crippen LogP contribution in [0.2, 0.25) is 0 Å². The molecule has 0 spiro atoms. The number of rotatable bonds is 4. The minimum atomic E-state index is 0.128. The second-order valence-electron chi connectivity index (χ2n) is 7.37. The van der Waals surface area contributed by atoms with Gasteiger partial charge in [-0.05, 0) is 80.9 Å². The molecule has 0 aliphatic carbocycles. The summed E-state index contributed by atoms with van der Waals surface area (Å²) in [6.07, 6.45) is 1.04. The van der Waals surface area contributed by atoms with E-state index < -0.39 is 0 Å². The van der Waals surface area contributed by atoms with Crippen LogP contribution in [0.15, 0.2) is 36.4 Å². The molecule has 0 saturated carbocycles. The van der Waals surface area contributed by atoms with Crippen LogP contribution in [-0.2, 0) is 0 Å². The third kappa shape index (κ3) is 3.61. The Hall–Kier alpha value is -2.33. The van der Waals surface area contributed by atoms with Gasteiger partial charge in [0, 0.05) is 24.7 Å². The van der Waals surface area contributed by atoms with Gasteiger partial charge in [0.1, 0.15) is 5.75 Å². The van der Waals surface area contributed by atoms with Gasteiger partial charge in [0.25, 0.3) is 5.91 Å². The zero-order chi connectivity index (χ0) is 18.8. The van der Waals surface area contributed by atoms with E-state index in [-0.39, 0.29) is 5.91 Å². The van der Waals surface area contributed by atoms with Crippen LogP contribution < -0.4 is 4.74 Å². The maximum atomic E-state index is 12.8. The number of methoxy groups -OCH3 is 1. The minimum Gasteiger partial charge on any atom is -0.496 e. The number of hydrogen-bond donors (Lipinski definition) is 0. The fraction of sp³-hybridized carbons (Fsp3) is 0.409. The summed E-state index contributed by atoms with van der Waals surface area (Å²) in [6, 6.07) is 12.6. The molecule has 4 heteroatoms. The number of benzene rings is 2. The maximum absolute atomic E-state index is 12.8. The Labute approximate surface area is 156 Å². The Morgan fingerprint density at radius 1 is 1.12 bits per heavy atom. The van der Waals surface area contributed by atoms with Crippen molar-refractivity contribution in [1.29, 1.82) is 0 Å². The SMILES string of the molecule is COc1cc(C)c(-c2ccc(C(=O)N3CC[C@@H](N(C)C)C3)cc2)cc1C. The molecule has 1 aliphatic rings. The van der Waals surface area contributed by atoms with Crippen LogP contribution in [0.3, 0.4) is 0 Å². The number of carbonyl (C=O) groups is 1. The van der Waals surface area contributed by atoms with Crippen LogP contribution in [0.1, 0.15) is 27.9 Å². The van der Waals surface area contributed by atoms with Crippen molar-refractivity contribution in [2.24, 2.45) is 0 Å². The maximum Gasteiger partial charge on any atom is 0.253 e. The van der Waals surface area contributed by atoms with Gasteiger partial charge in [0.2, 0.25) is 0 Å². The fourth-order valence-electron chi connectivity index (χ4n) is 3.64. The lowest BCUT2D eigenvalue weighted by atomic mass is 9.97. The first-order valence-electron chi connectivity index (χ1n) is 9.12.